The van der Waals surface area contributed by atoms with E-state index in [1.807, 2.05) is 49.4 Å². The van der Waals surface area contributed by atoms with Crippen LogP contribution in [0.3, 0.4) is 0 Å². The normalized spacial score (nSPS) is 10.2. The Kier molecular flexibility index (Phi) is 5.20. The van der Waals surface area contributed by atoms with Crippen molar-refractivity contribution < 1.29 is 9.53 Å². The van der Waals surface area contributed by atoms with E-state index in [9.17, 15) is 4.79 Å². The molecule has 0 aliphatic carbocycles. The number of hydrogen-bond acceptors (Lipinski definition) is 2. The Morgan fingerprint density at radius 1 is 1.15 bits per heavy atom. The molecule has 0 unspecified atom stereocenters. The standard InChI is InChI=1S/C15H13Br2NO2/c1-10-6-7-14(12(17)8-10)20-9-15(19)18-13-5-3-2-4-11(13)16/h2-8H,9H2,1H3,(H,18,19). The number of anilines is 1. The lowest BCUT2D eigenvalue weighted by Crippen LogP contribution is -2.20. The van der Waals surface area contributed by atoms with Crippen LogP contribution in [0.5, 0.6) is 5.75 Å². The minimum absolute atomic E-state index is 0.0387. The highest BCUT2D eigenvalue weighted by atomic mass is 79.9. The van der Waals surface area contributed by atoms with Gasteiger partial charge in [0.05, 0.1) is 10.2 Å². The van der Waals surface area contributed by atoms with Crippen LogP contribution in [-0.4, -0.2) is 12.5 Å². The van der Waals surface area contributed by atoms with Gasteiger partial charge in [-0.05, 0) is 68.6 Å². The lowest BCUT2D eigenvalue weighted by molar-refractivity contribution is -0.118. The van der Waals surface area contributed by atoms with Crippen LogP contribution in [0.2, 0.25) is 0 Å². The summed E-state index contributed by atoms with van der Waals surface area (Å²) in [6, 6.07) is 13.2. The first-order valence-electron chi connectivity index (χ1n) is 5.99. The van der Waals surface area contributed by atoms with Crippen molar-refractivity contribution >= 4 is 43.5 Å². The summed E-state index contributed by atoms with van der Waals surface area (Å²) >= 11 is 6.79. The smallest absolute Gasteiger partial charge is 0.262 e. The molecule has 0 fully saturated rings. The fourth-order valence-corrected chi connectivity index (χ4v) is 2.61. The first-order chi connectivity index (χ1) is 9.56. The molecular weight excluding hydrogens is 386 g/mol. The quantitative estimate of drug-likeness (QED) is 0.821. The Labute approximate surface area is 134 Å². The molecule has 0 radical (unpaired) electrons. The average Bonchev–Trinajstić information content (AvgIpc) is 2.40. The molecule has 104 valence electrons. The van der Waals surface area contributed by atoms with E-state index in [0.717, 1.165) is 20.2 Å². The molecule has 0 saturated carbocycles. The molecule has 1 amide bonds. The van der Waals surface area contributed by atoms with Gasteiger partial charge in [-0.1, -0.05) is 18.2 Å². The number of rotatable bonds is 4. The molecule has 1 N–H and O–H groups in total. The van der Waals surface area contributed by atoms with Gasteiger partial charge in [-0.3, -0.25) is 4.79 Å². The van der Waals surface area contributed by atoms with Crippen molar-refractivity contribution in [3.8, 4) is 5.75 Å². The lowest BCUT2D eigenvalue weighted by Gasteiger charge is -2.10. The molecule has 2 aromatic rings. The SMILES string of the molecule is Cc1ccc(OCC(=O)Nc2ccccc2Br)c(Br)c1. The van der Waals surface area contributed by atoms with E-state index in [1.165, 1.54) is 0 Å². The Hall–Kier alpha value is -1.33. The Bertz CT molecular complexity index is 629. The van der Waals surface area contributed by atoms with E-state index in [1.54, 1.807) is 0 Å². The number of carbonyl (C=O) groups is 1. The molecule has 0 aromatic heterocycles. The second-order valence-electron chi connectivity index (χ2n) is 4.25. The van der Waals surface area contributed by atoms with Crippen LogP contribution >= 0.6 is 31.9 Å². The molecule has 0 heterocycles. The molecule has 0 saturated heterocycles. The summed E-state index contributed by atoms with van der Waals surface area (Å²) in [6.45, 7) is 1.96. The molecule has 3 nitrogen and oxygen atoms in total. The van der Waals surface area contributed by atoms with Crippen molar-refractivity contribution in [1.29, 1.82) is 0 Å². The first kappa shape index (κ1) is 15.1. The van der Waals surface area contributed by atoms with Crippen molar-refractivity contribution in [1.82, 2.24) is 0 Å². The molecular formula is C15H13Br2NO2. The fraction of sp³-hybridized carbons (Fsp3) is 0.133. The summed E-state index contributed by atoms with van der Waals surface area (Å²) in [7, 11) is 0. The Morgan fingerprint density at radius 3 is 2.60 bits per heavy atom. The van der Waals surface area contributed by atoms with Crippen molar-refractivity contribution in [2.75, 3.05) is 11.9 Å². The molecule has 5 heteroatoms. The van der Waals surface area contributed by atoms with Gasteiger partial charge in [-0.2, -0.15) is 0 Å². The summed E-state index contributed by atoms with van der Waals surface area (Å²) in [4.78, 5) is 11.8. The predicted octanol–water partition coefficient (Wildman–Crippen LogP) is 4.54. The number of benzene rings is 2. The molecule has 2 aromatic carbocycles. The van der Waals surface area contributed by atoms with E-state index < -0.39 is 0 Å². The van der Waals surface area contributed by atoms with Gasteiger partial charge in [0.1, 0.15) is 5.75 Å². The zero-order valence-electron chi connectivity index (χ0n) is 10.8. The van der Waals surface area contributed by atoms with E-state index in [4.69, 9.17) is 4.74 Å². The lowest BCUT2D eigenvalue weighted by atomic mass is 10.2. The number of halogens is 2. The second kappa shape index (κ2) is 6.90. The minimum Gasteiger partial charge on any atom is -0.483 e. The van der Waals surface area contributed by atoms with Gasteiger partial charge in [0.2, 0.25) is 0 Å². The van der Waals surface area contributed by atoms with Gasteiger partial charge in [0.15, 0.2) is 6.61 Å². The maximum absolute atomic E-state index is 11.8. The summed E-state index contributed by atoms with van der Waals surface area (Å²) < 4.78 is 7.17. The molecule has 0 bridgehead atoms. The van der Waals surface area contributed by atoms with Crippen LogP contribution in [-0.2, 0) is 4.79 Å². The third-order valence-electron chi connectivity index (χ3n) is 2.59. The van der Waals surface area contributed by atoms with Gasteiger partial charge in [0.25, 0.3) is 5.91 Å². The minimum atomic E-state index is -0.204. The number of para-hydroxylation sites is 1. The highest BCUT2D eigenvalue weighted by Crippen LogP contribution is 2.26. The van der Waals surface area contributed by atoms with Crippen LogP contribution in [0.1, 0.15) is 5.56 Å². The van der Waals surface area contributed by atoms with Gasteiger partial charge in [0, 0.05) is 4.47 Å². The van der Waals surface area contributed by atoms with E-state index in [0.29, 0.717) is 5.75 Å². The van der Waals surface area contributed by atoms with Crippen LogP contribution in [0.4, 0.5) is 5.69 Å². The van der Waals surface area contributed by atoms with Gasteiger partial charge in [-0.15, -0.1) is 0 Å². The van der Waals surface area contributed by atoms with Crippen molar-refractivity contribution in [2.45, 2.75) is 6.92 Å². The molecule has 0 spiro atoms. The summed E-state index contributed by atoms with van der Waals surface area (Å²) in [5.41, 5.74) is 1.85. The number of carbonyl (C=O) groups excluding carboxylic acids is 1. The fourth-order valence-electron chi connectivity index (χ4n) is 1.62. The summed E-state index contributed by atoms with van der Waals surface area (Å²) in [5.74, 6) is 0.447. The Morgan fingerprint density at radius 2 is 1.90 bits per heavy atom. The van der Waals surface area contributed by atoms with Gasteiger partial charge in [-0.25, -0.2) is 0 Å². The largest absolute Gasteiger partial charge is 0.483 e. The van der Waals surface area contributed by atoms with Crippen LogP contribution < -0.4 is 10.1 Å². The number of hydrogen-bond donors (Lipinski definition) is 1. The highest BCUT2D eigenvalue weighted by molar-refractivity contribution is 9.11. The second-order valence-corrected chi connectivity index (χ2v) is 5.96. The third kappa shape index (κ3) is 4.08. The van der Waals surface area contributed by atoms with Crippen LogP contribution in [0, 0.1) is 6.92 Å². The molecule has 0 aliphatic heterocycles. The van der Waals surface area contributed by atoms with Crippen molar-refractivity contribution in [3.05, 3.63) is 57.0 Å². The average molecular weight is 399 g/mol. The molecule has 0 aliphatic rings. The number of aryl methyl sites for hydroxylation is 1. The highest BCUT2D eigenvalue weighted by Gasteiger charge is 2.07. The summed E-state index contributed by atoms with van der Waals surface area (Å²) in [5, 5.41) is 2.79. The van der Waals surface area contributed by atoms with Crippen molar-refractivity contribution in [2.24, 2.45) is 0 Å². The molecule has 2 rings (SSSR count). The first-order valence-corrected chi connectivity index (χ1v) is 7.58. The third-order valence-corrected chi connectivity index (χ3v) is 3.91. The zero-order valence-corrected chi connectivity index (χ0v) is 14.0. The topological polar surface area (TPSA) is 38.3 Å². The van der Waals surface area contributed by atoms with E-state index in [2.05, 4.69) is 37.2 Å². The number of amides is 1. The van der Waals surface area contributed by atoms with Gasteiger partial charge < -0.3 is 10.1 Å². The number of ether oxygens (including phenoxy) is 1. The van der Waals surface area contributed by atoms with Crippen molar-refractivity contribution in [3.63, 3.8) is 0 Å². The molecule has 0 atom stereocenters. The maximum Gasteiger partial charge on any atom is 0.262 e. The summed E-state index contributed by atoms with van der Waals surface area (Å²) in [6.07, 6.45) is 0. The van der Waals surface area contributed by atoms with E-state index >= 15 is 0 Å². The maximum atomic E-state index is 11.8. The van der Waals surface area contributed by atoms with Gasteiger partial charge >= 0.3 is 0 Å². The van der Waals surface area contributed by atoms with Crippen LogP contribution in [0.15, 0.2) is 51.4 Å². The molecule has 20 heavy (non-hydrogen) atoms. The van der Waals surface area contributed by atoms with Crippen LogP contribution in [0.25, 0.3) is 0 Å². The Balaban J connectivity index is 1.94. The predicted molar refractivity (Wildman–Crippen MR) is 87.1 cm³/mol. The van der Waals surface area contributed by atoms with E-state index in [-0.39, 0.29) is 12.5 Å². The monoisotopic (exact) mass is 397 g/mol. The zero-order chi connectivity index (χ0) is 14.5. The number of nitrogens with one attached hydrogen (secondary N) is 1.